The molecule has 3 aliphatic heterocycles. The summed E-state index contributed by atoms with van der Waals surface area (Å²) in [6.07, 6.45) is 12.7. The Kier molecular flexibility index (Phi) is 7.43. The van der Waals surface area contributed by atoms with Crippen molar-refractivity contribution in [2.75, 3.05) is 50.8 Å². The second kappa shape index (κ2) is 11.6. The fourth-order valence-corrected chi connectivity index (χ4v) is 7.69. The van der Waals surface area contributed by atoms with Crippen LogP contribution in [0.4, 0.5) is 14.6 Å². The number of fused-ring (bicyclic) bond motifs is 3. The van der Waals surface area contributed by atoms with Gasteiger partial charge in [-0.15, -0.1) is 6.42 Å². The number of aromatic hydroxyl groups is 1. The molecule has 238 valence electrons. The van der Waals surface area contributed by atoms with E-state index < -0.39 is 11.6 Å². The molecular weight excluding hydrogens is 588 g/mol. The molecule has 1 aromatic heterocycles. The summed E-state index contributed by atoms with van der Waals surface area (Å²) in [5.74, 6) is 1.74. The zero-order valence-electron chi connectivity index (χ0n) is 25.7. The van der Waals surface area contributed by atoms with Crippen LogP contribution in [0.2, 0.25) is 0 Å². The molecule has 1 atom stereocenters. The Hall–Kier alpha value is -4.04. The first-order chi connectivity index (χ1) is 22.4. The summed E-state index contributed by atoms with van der Waals surface area (Å²) < 4.78 is 44.1. The lowest BCUT2D eigenvalue weighted by molar-refractivity contribution is 0.0961. The molecule has 3 aromatic carbocycles. The molecule has 46 heavy (non-hydrogen) atoms. The molecule has 1 aliphatic carbocycles. The van der Waals surface area contributed by atoms with E-state index in [1.807, 2.05) is 0 Å². The van der Waals surface area contributed by atoms with Crippen molar-refractivity contribution in [1.82, 2.24) is 20.2 Å². The van der Waals surface area contributed by atoms with Gasteiger partial charge in [-0.1, -0.05) is 18.1 Å². The van der Waals surface area contributed by atoms with Crippen molar-refractivity contribution in [3.63, 3.8) is 0 Å². The van der Waals surface area contributed by atoms with Gasteiger partial charge in [0.05, 0.1) is 23.8 Å². The molecule has 8 rings (SSSR count). The van der Waals surface area contributed by atoms with E-state index in [2.05, 4.69) is 26.0 Å². The molecule has 2 N–H and O–H groups in total. The van der Waals surface area contributed by atoms with E-state index in [-0.39, 0.29) is 45.5 Å². The van der Waals surface area contributed by atoms with Crippen LogP contribution in [0.15, 0.2) is 36.4 Å². The van der Waals surface area contributed by atoms with E-state index in [9.17, 15) is 9.50 Å². The fourth-order valence-electron chi connectivity index (χ4n) is 7.69. The van der Waals surface area contributed by atoms with E-state index in [0.717, 1.165) is 58.2 Å². The summed E-state index contributed by atoms with van der Waals surface area (Å²) >= 11 is 0. The Morgan fingerprint density at radius 3 is 2.65 bits per heavy atom. The third-order valence-electron chi connectivity index (χ3n) is 10.1. The van der Waals surface area contributed by atoms with Gasteiger partial charge >= 0.3 is 6.01 Å². The molecule has 4 heterocycles. The van der Waals surface area contributed by atoms with Gasteiger partial charge in [0.15, 0.2) is 5.82 Å². The first-order valence-corrected chi connectivity index (χ1v) is 16.3. The summed E-state index contributed by atoms with van der Waals surface area (Å²) in [7, 11) is 0. The quantitative estimate of drug-likeness (QED) is 0.253. The SMILES string of the molecule is C#Cc1c(F)ccc2cc(O)cc(-c3ccc4c(N5CCNC(COC6CC6)C5)nc(OCC56CCCN5CCC6)nc4c3F)c12. The molecule has 0 amide bonds. The number of terminal acetylenes is 1. The van der Waals surface area contributed by atoms with Crippen molar-refractivity contribution in [3.8, 4) is 35.2 Å². The molecule has 0 spiro atoms. The third-order valence-corrected chi connectivity index (χ3v) is 10.1. The lowest BCUT2D eigenvalue weighted by Crippen LogP contribution is -2.53. The number of rotatable bonds is 8. The van der Waals surface area contributed by atoms with Crippen LogP contribution in [0.1, 0.15) is 44.1 Å². The van der Waals surface area contributed by atoms with Crippen LogP contribution < -0.4 is 15.0 Å². The monoisotopic (exact) mass is 625 g/mol. The Morgan fingerprint density at radius 1 is 1.04 bits per heavy atom. The lowest BCUT2D eigenvalue weighted by atomic mass is 9.93. The summed E-state index contributed by atoms with van der Waals surface area (Å²) in [6, 6.07) is 9.36. The minimum Gasteiger partial charge on any atom is -0.508 e. The Morgan fingerprint density at radius 2 is 1.87 bits per heavy atom. The van der Waals surface area contributed by atoms with Crippen LogP contribution in [0.3, 0.4) is 0 Å². The van der Waals surface area contributed by atoms with E-state index in [1.165, 1.54) is 24.3 Å². The van der Waals surface area contributed by atoms with E-state index in [1.54, 1.807) is 12.1 Å². The summed E-state index contributed by atoms with van der Waals surface area (Å²) in [6.45, 7) is 5.22. The van der Waals surface area contributed by atoms with E-state index in [0.29, 0.717) is 54.4 Å². The first kappa shape index (κ1) is 29.4. The van der Waals surface area contributed by atoms with Crippen LogP contribution in [0.5, 0.6) is 11.8 Å². The predicted molar refractivity (Wildman–Crippen MR) is 173 cm³/mol. The number of hydrogen-bond donors (Lipinski definition) is 2. The number of ether oxygens (including phenoxy) is 2. The molecule has 3 saturated heterocycles. The number of piperazine rings is 1. The maximum atomic E-state index is 16.9. The molecule has 4 aliphatic rings. The second-order valence-electron chi connectivity index (χ2n) is 13.1. The number of benzene rings is 3. The minimum atomic E-state index is -0.615. The van der Waals surface area contributed by atoms with E-state index in [4.69, 9.17) is 20.9 Å². The van der Waals surface area contributed by atoms with E-state index >= 15 is 4.39 Å². The van der Waals surface area contributed by atoms with Crippen molar-refractivity contribution in [2.24, 2.45) is 0 Å². The second-order valence-corrected chi connectivity index (χ2v) is 13.1. The van der Waals surface area contributed by atoms with Crippen molar-refractivity contribution < 1.29 is 23.4 Å². The van der Waals surface area contributed by atoms with Gasteiger partial charge < -0.3 is 24.8 Å². The Labute approximate surface area is 266 Å². The molecule has 10 heteroatoms. The Balaban J connectivity index is 1.23. The number of hydrogen-bond acceptors (Lipinski definition) is 8. The van der Waals surface area contributed by atoms with Crippen molar-refractivity contribution >= 4 is 27.5 Å². The minimum absolute atomic E-state index is 0.0107. The van der Waals surface area contributed by atoms with Gasteiger partial charge in [0.25, 0.3) is 0 Å². The smallest absolute Gasteiger partial charge is 0.319 e. The van der Waals surface area contributed by atoms with Gasteiger partial charge in [-0.05, 0) is 86.8 Å². The predicted octanol–water partition coefficient (Wildman–Crippen LogP) is 5.38. The van der Waals surface area contributed by atoms with Gasteiger partial charge in [0.2, 0.25) is 0 Å². The highest BCUT2D eigenvalue weighted by Crippen LogP contribution is 2.41. The molecule has 8 nitrogen and oxygen atoms in total. The van der Waals surface area contributed by atoms with Crippen molar-refractivity contribution in [3.05, 3.63) is 53.6 Å². The zero-order chi connectivity index (χ0) is 31.4. The average Bonchev–Trinajstić information content (AvgIpc) is 3.68. The van der Waals surface area contributed by atoms with Crippen LogP contribution >= 0.6 is 0 Å². The largest absolute Gasteiger partial charge is 0.508 e. The number of anilines is 1. The van der Waals surface area contributed by atoms with Crippen LogP contribution in [0, 0.1) is 24.0 Å². The van der Waals surface area contributed by atoms with Crippen molar-refractivity contribution in [1.29, 1.82) is 0 Å². The summed E-state index contributed by atoms with van der Waals surface area (Å²) in [5.41, 5.74) is 0.518. The van der Waals surface area contributed by atoms with Crippen LogP contribution in [-0.4, -0.2) is 83.6 Å². The third kappa shape index (κ3) is 5.20. The Bertz CT molecular complexity index is 1860. The lowest BCUT2D eigenvalue weighted by Gasteiger charge is -2.35. The van der Waals surface area contributed by atoms with Gasteiger partial charge in [-0.3, -0.25) is 4.90 Å². The molecule has 4 fully saturated rings. The van der Waals surface area contributed by atoms with Crippen molar-refractivity contribution in [2.45, 2.75) is 56.2 Å². The van der Waals surface area contributed by atoms with Gasteiger partial charge in [-0.25, -0.2) is 8.78 Å². The molecule has 0 bridgehead atoms. The standard InChI is InChI=1S/C36H37F2N5O3/c1-2-26-30(37)10-5-22-17-24(44)18-29(31(22)26)27-8-9-28-33(32(27)38)40-35(46-21-36-11-3-14-43(36)15-4-12-36)41-34(28)42-16-13-39-23(19-42)20-45-25-6-7-25/h1,5,8-10,17-18,23,25,39,44H,3-4,6-7,11-16,19-21H2. The number of nitrogens with zero attached hydrogens (tertiary/aromatic N) is 4. The van der Waals surface area contributed by atoms with Gasteiger partial charge in [-0.2, -0.15) is 9.97 Å². The van der Waals surface area contributed by atoms with Gasteiger partial charge in [0, 0.05) is 42.0 Å². The highest BCUT2D eigenvalue weighted by atomic mass is 19.1. The highest BCUT2D eigenvalue weighted by molar-refractivity contribution is 6.04. The molecule has 4 aromatic rings. The number of halogens is 2. The normalized spacial score (nSPS) is 21.2. The number of phenols is 1. The molecule has 1 saturated carbocycles. The maximum absolute atomic E-state index is 16.9. The zero-order valence-corrected chi connectivity index (χ0v) is 25.7. The summed E-state index contributed by atoms with van der Waals surface area (Å²) in [4.78, 5) is 14.2. The number of nitrogens with one attached hydrogen (secondary N) is 1. The first-order valence-electron chi connectivity index (χ1n) is 16.3. The number of aromatic nitrogens is 2. The maximum Gasteiger partial charge on any atom is 0.319 e. The summed E-state index contributed by atoms with van der Waals surface area (Å²) in [5, 5.41) is 15.5. The van der Waals surface area contributed by atoms with Crippen LogP contribution in [0.25, 0.3) is 32.8 Å². The molecule has 1 unspecified atom stereocenters. The van der Waals surface area contributed by atoms with Crippen LogP contribution in [-0.2, 0) is 4.74 Å². The topological polar surface area (TPSA) is 83.0 Å². The molecule has 0 radical (unpaired) electrons. The highest BCUT2D eigenvalue weighted by Gasteiger charge is 2.45. The molecular formula is C36H37F2N5O3. The van der Waals surface area contributed by atoms with Gasteiger partial charge in [0.1, 0.15) is 29.5 Å². The number of phenolic OH excluding ortho intramolecular Hbond substituents is 1. The average molecular weight is 626 g/mol. The fraction of sp³-hybridized carbons (Fsp3) is 0.444.